The van der Waals surface area contributed by atoms with E-state index in [0.29, 0.717) is 24.2 Å². The average molecular weight is 355 g/mol. The minimum Gasteiger partial charge on any atom is -0.494 e. The fourth-order valence-corrected chi connectivity index (χ4v) is 1.95. The molecule has 0 saturated heterocycles. The lowest BCUT2D eigenvalue weighted by molar-refractivity contribution is -0.139. The van der Waals surface area contributed by atoms with Gasteiger partial charge in [0.15, 0.2) is 0 Å². The van der Waals surface area contributed by atoms with Gasteiger partial charge >= 0.3 is 6.18 Å². The Morgan fingerprint density at radius 3 is 2.64 bits per heavy atom. The number of alkyl halides is 3. The molecule has 0 atom stereocenters. The summed E-state index contributed by atoms with van der Waals surface area (Å²) in [6, 6.07) is 7.02. The van der Waals surface area contributed by atoms with E-state index in [2.05, 4.69) is 15.3 Å². The highest BCUT2D eigenvalue weighted by atomic mass is 19.4. The summed E-state index contributed by atoms with van der Waals surface area (Å²) < 4.78 is 49.8. The predicted molar refractivity (Wildman–Crippen MR) is 88.3 cm³/mol. The lowest BCUT2D eigenvalue weighted by atomic mass is 10.3. The number of rotatable bonds is 7. The van der Waals surface area contributed by atoms with Crippen LogP contribution >= 0.6 is 0 Å². The smallest absolute Gasteiger partial charge is 0.423 e. The Balaban J connectivity index is 2.25. The first-order valence-corrected chi connectivity index (χ1v) is 7.90. The molecule has 0 fully saturated rings. The van der Waals surface area contributed by atoms with Crippen LogP contribution in [-0.2, 0) is 6.18 Å². The minimum absolute atomic E-state index is 0.0105. The quantitative estimate of drug-likeness (QED) is 0.772. The molecule has 0 spiro atoms. The van der Waals surface area contributed by atoms with Crippen LogP contribution in [0.2, 0.25) is 0 Å². The van der Waals surface area contributed by atoms with Gasteiger partial charge in [0, 0.05) is 18.0 Å². The second-order valence-corrected chi connectivity index (χ2v) is 5.58. The number of hydrogen-bond acceptors (Lipinski definition) is 5. The van der Waals surface area contributed by atoms with Gasteiger partial charge in [-0.15, -0.1) is 0 Å². The Labute approximate surface area is 144 Å². The van der Waals surface area contributed by atoms with Gasteiger partial charge in [-0.3, -0.25) is 0 Å². The zero-order chi connectivity index (χ0) is 18.4. The number of hydrogen-bond donors (Lipinski definition) is 1. The van der Waals surface area contributed by atoms with Crippen molar-refractivity contribution in [2.24, 2.45) is 0 Å². The summed E-state index contributed by atoms with van der Waals surface area (Å²) in [6.07, 6.45) is -3.45. The number of nitrogens with zero attached hydrogens (tertiary/aromatic N) is 2. The van der Waals surface area contributed by atoms with E-state index in [0.717, 1.165) is 6.42 Å². The first-order chi connectivity index (χ1) is 11.8. The predicted octanol–water partition coefficient (Wildman–Crippen LogP) is 4.82. The molecular weight excluding hydrogens is 335 g/mol. The third-order valence-electron chi connectivity index (χ3n) is 2.97. The van der Waals surface area contributed by atoms with Crippen molar-refractivity contribution in [2.45, 2.75) is 39.5 Å². The molecule has 1 heterocycles. The Morgan fingerprint density at radius 2 is 2.00 bits per heavy atom. The van der Waals surface area contributed by atoms with Gasteiger partial charge in [0.05, 0.1) is 12.7 Å². The van der Waals surface area contributed by atoms with Gasteiger partial charge in [-0.05, 0) is 32.4 Å². The minimum atomic E-state index is -4.59. The van der Waals surface area contributed by atoms with E-state index in [4.69, 9.17) is 9.47 Å². The van der Waals surface area contributed by atoms with Crippen molar-refractivity contribution in [3.63, 3.8) is 0 Å². The SMILES string of the molecule is CCCOc1cccc(Nc2ncc(C(F)(F)F)c(OC(C)C)n2)c1. The summed E-state index contributed by atoms with van der Waals surface area (Å²) >= 11 is 0. The monoisotopic (exact) mass is 355 g/mol. The van der Waals surface area contributed by atoms with Crippen LogP contribution in [0.3, 0.4) is 0 Å². The third kappa shape index (κ3) is 5.51. The maximum Gasteiger partial charge on any atom is 0.423 e. The van der Waals surface area contributed by atoms with E-state index in [1.165, 1.54) is 0 Å². The first kappa shape index (κ1) is 18.8. The molecule has 0 amide bonds. The fourth-order valence-electron chi connectivity index (χ4n) is 1.95. The zero-order valence-corrected chi connectivity index (χ0v) is 14.2. The highest BCUT2D eigenvalue weighted by Crippen LogP contribution is 2.35. The van der Waals surface area contributed by atoms with Crippen molar-refractivity contribution in [1.29, 1.82) is 0 Å². The average Bonchev–Trinajstić information content (AvgIpc) is 2.52. The standard InChI is InChI=1S/C17H20F3N3O2/c1-4-8-24-13-7-5-6-12(9-13)22-16-21-10-14(17(18,19)20)15(23-16)25-11(2)3/h5-7,9-11H,4,8H2,1-3H3,(H,21,22,23). The third-order valence-corrected chi connectivity index (χ3v) is 2.97. The molecule has 0 aliphatic carbocycles. The van der Waals surface area contributed by atoms with E-state index in [1.54, 1.807) is 38.1 Å². The normalized spacial score (nSPS) is 11.5. The molecule has 1 aromatic heterocycles. The van der Waals surface area contributed by atoms with E-state index in [-0.39, 0.29) is 5.95 Å². The van der Waals surface area contributed by atoms with Gasteiger partial charge in [0.1, 0.15) is 11.3 Å². The van der Waals surface area contributed by atoms with Crippen LogP contribution in [0, 0.1) is 0 Å². The molecule has 25 heavy (non-hydrogen) atoms. The molecule has 8 heteroatoms. The maximum absolute atomic E-state index is 13.0. The lowest BCUT2D eigenvalue weighted by Crippen LogP contribution is -2.15. The molecule has 0 bridgehead atoms. The highest BCUT2D eigenvalue weighted by molar-refractivity contribution is 5.56. The maximum atomic E-state index is 13.0. The van der Waals surface area contributed by atoms with Crippen LogP contribution < -0.4 is 14.8 Å². The number of nitrogens with one attached hydrogen (secondary N) is 1. The van der Waals surface area contributed by atoms with E-state index < -0.39 is 23.7 Å². The molecule has 0 aliphatic rings. The Hall–Kier alpha value is -2.51. The van der Waals surface area contributed by atoms with Gasteiger partial charge in [-0.1, -0.05) is 13.0 Å². The van der Waals surface area contributed by atoms with Crippen LogP contribution in [0.1, 0.15) is 32.8 Å². The zero-order valence-electron chi connectivity index (χ0n) is 14.2. The van der Waals surface area contributed by atoms with Crippen molar-refractivity contribution < 1.29 is 22.6 Å². The summed E-state index contributed by atoms with van der Waals surface area (Å²) in [4.78, 5) is 7.60. The van der Waals surface area contributed by atoms with Crippen molar-refractivity contribution in [3.05, 3.63) is 36.0 Å². The van der Waals surface area contributed by atoms with Gasteiger partial charge < -0.3 is 14.8 Å². The van der Waals surface area contributed by atoms with Crippen molar-refractivity contribution in [1.82, 2.24) is 9.97 Å². The van der Waals surface area contributed by atoms with Gasteiger partial charge in [-0.25, -0.2) is 4.98 Å². The Morgan fingerprint density at radius 1 is 1.24 bits per heavy atom. The van der Waals surface area contributed by atoms with Crippen LogP contribution in [0.4, 0.5) is 24.8 Å². The molecule has 1 aromatic carbocycles. The van der Waals surface area contributed by atoms with Crippen molar-refractivity contribution in [2.75, 3.05) is 11.9 Å². The summed E-state index contributed by atoms with van der Waals surface area (Å²) in [5, 5.41) is 2.86. The van der Waals surface area contributed by atoms with Gasteiger partial charge in [-0.2, -0.15) is 18.2 Å². The van der Waals surface area contributed by atoms with E-state index in [9.17, 15) is 13.2 Å². The molecule has 1 N–H and O–H groups in total. The van der Waals surface area contributed by atoms with Crippen LogP contribution in [0.5, 0.6) is 11.6 Å². The topological polar surface area (TPSA) is 56.3 Å². The van der Waals surface area contributed by atoms with E-state index in [1.807, 2.05) is 6.92 Å². The summed E-state index contributed by atoms with van der Waals surface area (Å²) in [5.41, 5.74) is -0.407. The highest BCUT2D eigenvalue weighted by Gasteiger charge is 2.36. The van der Waals surface area contributed by atoms with Crippen molar-refractivity contribution in [3.8, 4) is 11.6 Å². The second-order valence-electron chi connectivity index (χ2n) is 5.58. The molecule has 0 radical (unpaired) electrons. The number of halogens is 3. The summed E-state index contributed by atoms with van der Waals surface area (Å²) in [6.45, 7) is 5.83. The number of aromatic nitrogens is 2. The number of ether oxygens (including phenoxy) is 2. The Kier molecular flexibility index (Phi) is 6.06. The second kappa shape index (κ2) is 8.04. The summed E-state index contributed by atoms with van der Waals surface area (Å²) in [5.74, 6) is 0.159. The molecule has 0 saturated carbocycles. The molecule has 136 valence electrons. The molecular formula is C17H20F3N3O2. The van der Waals surface area contributed by atoms with Crippen LogP contribution in [0.25, 0.3) is 0 Å². The molecule has 0 unspecified atom stereocenters. The van der Waals surface area contributed by atoms with Crippen molar-refractivity contribution >= 4 is 11.6 Å². The van der Waals surface area contributed by atoms with Crippen LogP contribution in [0.15, 0.2) is 30.5 Å². The number of anilines is 2. The van der Waals surface area contributed by atoms with Gasteiger partial charge in [0.2, 0.25) is 11.8 Å². The molecule has 5 nitrogen and oxygen atoms in total. The Bertz CT molecular complexity index is 706. The fraction of sp³-hybridized carbons (Fsp3) is 0.412. The van der Waals surface area contributed by atoms with Gasteiger partial charge in [0.25, 0.3) is 0 Å². The van der Waals surface area contributed by atoms with Crippen LogP contribution in [-0.4, -0.2) is 22.7 Å². The molecule has 2 rings (SSSR count). The lowest BCUT2D eigenvalue weighted by Gasteiger charge is -2.16. The summed E-state index contributed by atoms with van der Waals surface area (Å²) in [7, 11) is 0. The van der Waals surface area contributed by atoms with E-state index >= 15 is 0 Å². The molecule has 0 aliphatic heterocycles. The molecule has 2 aromatic rings. The first-order valence-electron chi connectivity index (χ1n) is 7.90. The largest absolute Gasteiger partial charge is 0.494 e. The number of benzene rings is 1.